The van der Waals surface area contributed by atoms with Crippen molar-refractivity contribution >= 4 is 12.4 Å². The molecule has 1 aliphatic heterocycles. The zero-order chi connectivity index (χ0) is 10.8. The molecule has 1 amide bonds. The summed E-state index contributed by atoms with van der Waals surface area (Å²) in [6, 6.07) is -0.248. The molecule has 0 aromatic rings. The van der Waals surface area contributed by atoms with Gasteiger partial charge in [0.15, 0.2) is 6.10 Å². The molecule has 0 spiro atoms. The molecule has 0 unspecified atom stereocenters. The lowest BCUT2D eigenvalue weighted by atomic mass is 10.1. The number of nitrogens with one attached hydrogen (secondary N) is 1. The lowest BCUT2D eigenvalue weighted by Crippen LogP contribution is -2.58. The summed E-state index contributed by atoms with van der Waals surface area (Å²) >= 11 is 0. The smallest absolute Gasteiger partial charge is 0.338 e. The molecule has 1 saturated heterocycles. The van der Waals surface area contributed by atoms with Crippen LogP contribution in [0.4, 0.5) is 0 Å². The van der Waals surface area contributed by atoms with Crippen molar-refractivity contribution in [1.29, 1.82) is 0 Å². The number of carbonyl (C=O) groups is 2. The predicted octanol–water partition coefficient (Wildman–Crippen LogP) is -0.159. The van der Waals surface area contributed by atoms with E-state index in [2.05, 4.69) is 5.32 Å². The maximum atomic E-state index is 11.4. The van der Waals surface area contributed by atoms with Gasteiger partial charge in [-0.05, 0) is 20.8 Å². The second-order valence-electron chi connectivity index (χ2n) is 4.18. The van der Waals surface area contributed by atoms with E-state index in [9.17, 15) is 9.59 Å². The first-order valence-corrected chi connectivity index (χ1v) is 4.48. The third-order valence-electron chi connectivity index (χ3n) is 1.74. The molecule has 1 fully saturated rings. The fourth-order valence-electron chi connectivity index (χ4n) is 1.10. The summed E-state index contributed by atoms with van der Waals surface area (Å²) in [5.41, 5.74) is -0.526. The lowest BCUT2D eigenvalue weighted by Gasteiger charge is -2.35. The van der Waals surface area contributed by atoms with Crippen molar-refractivity contribution in [2.75, 3.05) is 6.61 Å². The van der Waals surface area contributed by atoms with Gasteiger partial charge < -0.3 is 14.8 Å². The fraction of sp³-hybridized carbons (Fsp3) is 0.778. The van der Waals surface area contributed by atoms with Gasteiger partial charge in [0.25, 0.3) is 0 Å². The van der Waals surface area contributed by atoms with E-state index in [4.69, 9.17) is 9.47 Å². The van der Waals surface area contributed by atoms with Gasteiger partial charge in [-0.15, -0.1) is 0 Å². The third kappa shape index (κ3) is 2.70. The van der Waals surface area contributed by atoms with E-state index in [-0.39, 0.29) is 6.04 Å². The minimum Gasteiger partial charge on any atom is -0.458 e. The number of rotatable bonds is 3. The van der Waals surface area contributed by atoms with Crippen LogP contribution in [0.5, 0.6) is 0 Å². The first kappa shape index (κ1) is 11.0. The number of amides is 1. The zero-order valence-corrected chi connectivity index (χ0v) is 8.57. The molecule has 80 valence electrons. The Kier molecular flexibility index (Phi) is 3.10. The van der Waals surface area contributed by atoms with E-state index in [1.54, 1.807) is 20.8 Å². The predicted molar refractivity (Wildman–Crippen MR) is 48.6 cm³/mol. The maximum absolute atomic E-state index is 11.4. The summed E-state index contributed by atoms with van der Waals surface area (Å²) in [5.74, 6) is -0.428. The number of hydrogen-bond donors (Lipinski definition) is 1. The van der Waals surface area contributed by atoms with Crippen molar-refractivity contribution in [1.82, 2.24) is 5.32 Å². The van der Waals surface area contributed by atoms with Crippen LogP contribution in [0, 0.1) is 0 Å². The normalized spacial score (nSPS) is 26.2. The summed E-state index contributed by atoms with van der Waals surface area (Å²) in [5, 5.41) is 2.49. The summed E-state index contributed by atoms with van der Waals surface area (Å²) in [6.07, 6.45) is -0.0932. The topological polar surface area (TPSA) is 64.6 Å². The van der Waals surface area contributed by atoms with Crippen molar-refractivity contribution in [3.05, 3.63) is 0 Å². The summed E-state index contributed by atoms with van der Waals surface area (Å²) in [6.45, 7) is 5.71. The monoisotopic (exact) mass is 201 g/mol. The Balaban J connectivity index is 2.42. The summed E-state index contributed by atoms with van der Waals surface area (Å²) < 4.78 is 10.1. The van der Waals surface area contributed by atoms with Gasteiger partial charge in [-0.3, -0.25) is 4.79 Å². The van der Waals surface area contributed by atoms with Crippen LogP contribution < -0.4 is 5.32 Å². The van der Waals surface area contributed by atoms with Gasteiger partial charge in [0, 0.05) is 0 Å². The Morgan fingerprint density at radius 2 is 2.21 bits per heavy atom. The van der Waals surface area contributed by atoms with Crippen molar-refractivity contribution in [2.45, 2.75) is 38.5 Å². The van der Waals surface area contributed by atoms with Crippen LogP contribution in [0.3, 0.4) is 0 Å². The van der Waals surface area contributed by atoms with E-state index in [0.29, 0.717) is 13.0 Å². The first-order chi connectivity index (χ1) is 6.44. The Morgan fingerprint density at radius 1 is 1.57 bits per heavy atom. The Labute approximate surface area is 82.8 Å². The molecule has 14 heavy (non-hydrogen) atoms. The molecule has 0 radical (unpaired) electrons. The first-order valence-electron chi connectivity index (χ1n) is 4.48. The lowest BCUT2D eigenvalue weighted by molar-refractivity contribution is -0.186. The number of carbonyl (C=O) groups excluding carboxylic acids is 2. The molecule has 0 bridgehead atoms. The molecule has 0 aliphatic carbocycles. The zero-order valence-electron chi connectivity index (χ0n) is 8.57. The van der Waals surface area contributed by atoms with Crippen molar-refractivity contribution in [3.63, 3.8) is 0 Å². The molecule has 5 heteroatoms. The van der Waals surface area contributed by atoms with Crippen LogP contribution in [-0.2, 0) is 19.1 Å². The Bertz CT molecular complexity index is 233. The molecule has 2 atom stereocenters. The number of ether oxygens (including phenoxy) is 2. The van der Waals surface area contributed by atoms with Crippen molar-refractivity contribution in [3.8, 4) is 0 Å². The van der Waals surface area contributed by atoms with Gasteiger partial charge in [-0.25, -0.2) is 4.79 Å². The minimum atomic E-state index is -0.653. The van der Waals surface area contributed by atoms with E-state index >= 15 is 0 Å². The molecule has 1 rings (SSSR count). The van der Waals surface area contributed by atoms with E-state index in [1.165, 1.54) is 0 Å². The Morgan fingerprint density at radius 3 is 2.57 bits per heavy atom. The van der Waals surface area contributed by atoms with Crippen LogP contribution in [0.25, 0.3) is 0 Å². The molecular weight excluding hydrogens is 186 g/mol. The Hall–Kier alpha value is -1.10. The second-order valence-corrected chi connectivity index (χ2v) is 4.18. The maximum Gasteiger partial charge on any atom is 0.338 e. The molecule has 0 aromatic heterocycles. The standard InChI is InChI=1S/C9H15NO4/c1-9(2,3)14-8(12)7-6(4-13-7)10-5-11/h5-7H,4H2,1-3H3,(H,10,11)/t6-,7-/m0/s1. The van der Waals surface area contributed by atoms with E-state index in [1.807, 2.05) is 0 Å². The van der Waals surface area contributed by atoms with Crippen LogP contribution in [0.1, 0.15) is 20.8 Å². The molecule has 0 saturated carbocycles. The van der Waals surface area contributed by atoms with Crippen molar-refractivity contribution in [2.24, 2.45) is 0 Å². The highest BCUT2D eigenvalue weighted by Crippen LogP contribution is 2.17. The molecule has 1 aliphatic rings. The second kappa shape index (κ2) is 3.96. The minimum absolute atomic E-state index is 0.248. The van der Waals surface area contributed by atoms with Gasteiger partial charge in [0.05, 0.1) is 12.6 Å². The molecular formula is C9H15NO4. The van der Waals surface area contributed by atoms with Crippen molar-refractivity contribution < 1.29 is 19.1 Å². The van der Waals surface area contributed by atoms with Crippen LogP contribution in [0.2, 0.25) is 0 Å². The van der Waals surface area contributed by atoms with Gasteiger partial charge >= 0.3 is 5.97 Å². The number of esters is 1. The van der Waals surface area contributed by atoms with Crippen LogP contribution >= 0.6 is 0 Å². The SMILES string of the molecule is CC(C)(C)OC(=O)[C@H]1OC[C@@H]1NC=O. The van der Waals surface area contributed by atoms with Gasteiger partial charge in [-0.1, -0.05) is 0 Å². The van der Waals surface area contributed by atoms with E-state index in [0.717, 1.165) is 0 Å². The third-order valence-corrected chi connectivity index (χ3v) is 1.74. The van der Waals surface area contributed by atoms with Gasteiger partial charge in [0.1, 0.15) is 5.60 Å². The molecule has 0 aromatic carbocycles. The summed E-state index contributed by atoms with van der Waals surface area (Å²) in [7, 11) is 0. The van der Waals surface area contributed by atoms with Gasteiger partial charge in [-0.2, -0.15) is 0 Å². The van der Waals surface area contributed by atoms with Crippen LogP contribution in [0.15, 0.2) is 0 Å². The highest BCUT2D eigenvalue weighted by Gasteiger charge is 2.40. The molecule has 1 N–H and O–H groups in total. The highest BCUT2D eigenvalue weighted by atomic mass is 16.6. The summed E-state index contributed by atoms with van der Waals surface area (Å²) in [4.78, 5) is 21.6. The molecule has 1 heterocycles. The number of hydrogen-bond acceptors (Lipinski definition) is 4. The largest absolute Gasteiger partial charge is 0.458 e. The quantitative estimate of drug-likeness (QED) is 0.509. The van der Waals surface area contributed by atoms with Crippen LogP contribution in [-0.4, -0.2) is 36.7 Å². The molecule has 5 nitrogen and oxygen atoms in total. The van der Waals surface area contributed by atoms with E-state index < -0.39 is 17.7 Å². The average molecular weight is 201 g/mol. The fourth-order valence-corrected chi connectivity index (χ4v) is 1.10. The van der Waals surface area contributed by atoms with Gasteiger partial charge in [0.2, 0.25) is 6.41 Å². The highest BCUT2D eigenvalue weighted by molar-refractivity contribution is 5.77. The average Bonchev–Trinajstić information content (AvgIpc) is 1.93.